The lowest BCUT2D eigenvalue weighted by Crippen LogP contribution is -2.36. The van der Waals surface area contributed by atoms with E-state index >= 15 is 0 Å². The summed E-state index contributed by atoms with van der Waals surface area (Å²) in [6.07, 6.45) is 0.308. The predicted octanol–water partition coefficient (Wildman–Crippen LogP) is 3.99. The van der Waals surface area contributed by atoms with Crippen molar-refractivity contribution in [3.63, 3.8) is 0 Å². The van der Waals surface area contributed by atoms with E-state index in [1.807, 2.05) is 45.0 Å². The summed E-state index contributed by atoms with van der Waals surface area (Å²) >= 11 is 0. The monoisotopic (exact) mass is 309 g/mol. The molecule has 1 heterocycles. The average molecular weight is 309 g/mol. The van der Waals surface area contributed by atoms with Crippen LogP contribution < -0.4 is 10.1 Å². The maximum Gasteiger partial charge on any atom is 0.255 e. The fourth-order valence-corrected chi connectivity index (χ4v) is 2.72. The molecule has 1 aliphatic heterocycles. The predicted molar refractivity (Wildman–Crippen MR) is 89.2 cm³/mol. The highest BCUT2D eigenvalue weighted by Crippen LogP contribution is 2.33. The van der Waals surface area contributed by atoms with E-state index in [4.69, 9.17) is 4.74 Å². The third-order valence-corrected chi connectivity index (χ3v) is 3.79. The Morgan fingerprint density at radius 1 is 1.17 bits per heavy atom. The van der Waals surface area contributed by atoms with Gasteiger partial charge in [0, 0.05) is 11.3 Å². The van der Waals surface area contributed by atoms with Gasteiger partial charge in [-0.05, 0) is 56.7 Å². The van der Waals surface area contributed by atoms with Gasteiger partial charge in [-0.3, -0.25) is 9.59 Å². The fraction of sp³-hybridized carbons (Fsp3) is 0.263. The first kappa shape index (κ1) is 15.3. The molecule has 2 aromatic rings. The quantitative estimate of drug-likeness (QED) is 0.912. The van der Waals surface area contributed by atoms with Gasteiger partial charge in [-0.1, -0.05) is 12.1 Å². The van der Waals surface area contributed by atoms with E-state index in [1.165, 1.54) is 0 Å². The molecule has 0 radical (unpaired) electrons. The SMILES string of the molecule is Cc1cccc(NC(=O)c2ccc3c(c2)C(=O)CC(C)(C)O3)c1. The lowest BCUT2D eigenvalue weighted by molar-refractivity contribution is 0.0620. The fourth-order valence-electron chi connectivity index (χ4n) is 2.72. The van der Waals surface area contributed by atoms with E-state index in [9.17, 15) is 9.59 Å². The molecule has 0 spiro atoms. The van der Waals surface area contributed by atoms with Gasteiger partial charge in [-0.15, -0.1) is 0 Å². The first-order valence-corrected chi connectivity index (χ1v) is 7.58. The Balaban J connectivity index is 1.86. The molecule has 0 saturated heterocycles. The molecule has 1 amide bonds. The van der Waals surface area contributed by atoms with E-state index in [0.29, 0.717) is 23.3 Å². The van der Waals surface area contributed by atoms with Gasteiger partial charge in [0.25, 0.3) is 5.91 Å². The van der Waals surface area contributed by atoms with E-state index in [-0.39, 0.29) is 11.7 Å². The lowest BCUT2D eigenvalue weighted by Gasteiger charge is -2.31. The van der Waals surface area contributed by atoms with Gasteiger partial charge in [0.15, 0.2) is 5.78 Å². The molecule has 3 rings (SSSR count). The van der Waals surface area contributed by atoms with Crippen molar-refractivity contribution < 1.29 is 14.3 Å². The molecule has 0 fully saturated rings. The van der Waals surface area contributed by atoms with Crippen LogP contribution in [0.1, 0.15) is 46.5 Å². The molecular formula is C19H19NO3. The van der Waals surface area contributed by atoms with Crippen LogP contribution in [-0.2, 0) is 0 Å². The van der Waals surface area contributed by atoms with E-state index < -0.39 is 5.60 Å². The summed E-state index contributed by atoms with van der Waals surface area (Å²) in [6, 6.07) is 12.6. The second kappa shape index (κ2) is 5.54. The molecule has 0 unspecified atom stereocenters. The summed E-state index contributed by atoms with van der Waals surface area (Å²) in [4.78, 5) is 24.6. The third-order valence-electron chi connectivity index (χ3n) is 3.79. The van der Waals surface area contributed by atoms with Crippen LogP contribution in [0, 0.1) is 6.92 Å². The molecule has 2 aromatic carbocycles. The summed E-state index contributed by atoms with van der Waals surface area (Å²) < 4.78 is 5.81. The Morgan fingerprint density at radius 2 is 1.96 bits per heavy atom. The third kappa shape index (κ3) is 3.26. The van der Waals surface area contributed by atoms with Gasteiger partial charge in [0.1, 0.15) is 11.4 Å². The van der Waals surface area contributed by atoms with Gasteiger partial charge >= 0.3 is 0 Å². The summed E-state index contributed by atoms with van der Waals surface area (Å²) in [7, 11) is 0. The number of carbonyl (C=O) groups is 2. The summed E-state index contributed by atoms with van der Waals surface area (Å²) in [5, 5.41) is 2.85. The number of amides is 1. The van der Waals surface area contributed by atoms with Crippen LogP contribution in [0.4, 0.5) is 5.69 Å². The van der Waals surface area contributed by atoms with Crippen molar-refractivity contribution in [1.29, 1.82) is 0 Å². The zero-order chi connectivity index (χ0) is 16.6. The summed E-state index contributed by atoms with van der Waals surface area (Å²) in [5.41, 5.74) is 2.22. The smallest absolute Gasteiger partial charge is 0.255 e. The number of benzene rings is 2. The molecule has 0 bridgehead atoms. The molecule has 4 heteroatoms. The normalized spacial score (nSPS) is 15.5. The average Bonchev–Trinajstić information content (AvgIpc) is 2.45. The van der Waals surface area contributed by atoms with E-state index in [0.717, 1.165) is 11.3 Å². The van der Waals surface area contributed by atoms with Crippen molar-refractivity contribution in [3.8, 4) is 5.75 Å². The van der Waals surface area contributed by atoms with E-state index in [2.05, 4.69) is 5.32 Å². The van der Waals surface area contributed by atoms with Crippen LogP contribution in [0.5, 0.6) is 5.75 Å². The number of anilines is 1. The number of aryl methyl sites for hydroxylation is 1. The number of fused-ring (bicyclic) bond motifs is 1. The van der Waals surface area contributed by atoms with Crippen LogP contribution in [-0.4, -0.2) is 17.3 Å². The van der Waals surface area contributed by atoms with Crippen molar-refractivity contribution in [1.82, 2.24) is 0 Å². The van der Waals surface area contributed by atoms with Crippen LogP contribution in [0.3, 0.4) is 0 Å². The highest BCUT2D eigenvalue weighted by Gasteiger charge is 2.32. The van der Waals surface area contributed by atoms with Crippen LogP contribution >= 0.6 is 0 Å². The molecule has 118 valence electrons. The Labute approximate surface area is 135 Å². The molecule has 23 heavy (non-hydrogen) atoms. The minimum atomic E-state index is -0.505. The molecule has 0 aliphatic carbocycles. The molecule has 4 nitrogen and oxygen atoms in total. The van der Waals surface area contributed by atoms with Gasteiger partial charge in [-0.25, -0.2) is 0 Å². The van der Waals surface area contributed by atoms with Gasteiger partial charge in [0.05, 0.1) is 12.0 Å². The highest BCUT2D eigenvalue weighted by atomic mass is 16.5. The van der Waals surface area contributed by atoms with Crippen LogP contribution in [0.25, 0.3) is 0 Å². The number of ether oxygens (including phenoxy) is 1. The van der Waals surface area contributed by atoms with Crippen molar-refractivity contribution >= 4 is 17.4 Å². The Morgan fingerprint density at radius 3 is 2.70 bits per heavy atom. The maximum atomic E-state index is 12.4. The topological polar surface area (TPSA) is 55.4 Å². The van der Waals surface area contributed by atoms with Crippen LogP contribution in [0.15, 0.2) is 42.5 Å². The Hall–Kier alpha value is -2.62. The molecular weight excluding hydrogens is 290 g/mol. The van der Waals surface area contributed by atoms with Crippen molar-refractivity contribution in [2.45, 2.75) is 32.8 Å². The van der Waals surface area contributed by atoms with Crippen molar-refractivity contribution in [2.24, 2.45) is 0 Å². The molecule has 0 saturated carbocycles. The summed E-state index contributed by atoms with van der Waals surface area (Å²) in [5.74, 6) is 0.302. The lowest BCUT2D eigenvalue weighted by atomic mass is 9.92. The highest BCUT2D eigenvalue weighted by molar-refractivity contribution is 6.07. The minimum absolute atomic E-state index is 0.00135. The number of carbonyl (C=O) groups excluding carboxylic acids is 2. The zero-order valence-corrected chi connectivity index (χ0v) is 13.5. The number of Topliss-reactive ketones (excluding diaryl/α,β-unsaturated/α-hetero) is 1. The minimum Gasteiger partial charge on any atom is -0.487 e. The van der Waals surface area contributed by atoms with Gasteiger partial charge in [-0.2, -0.15) is 0 Å². The number of hydrogen-bond donors (Lipinski definition) is 1. The second-order valence-corrected chi connectivity index (χ2v) is 6.50. The summed E-state index contributed by atoms with van der Waals surface area (Å²) in [6.45, 7) is 5.73. The molecule has 1 N–H and O–H groups in total. The number of ketones is 1. The second-order valence-electron chi connectivity index (χ2n) is 6.50. The number of nitrogens with one attached hydrogen (secondary N) is 1. The zero-order valence-electron chi connectivity index (χ0n) is 13.5. The maximum absolute atomic E-state index is 12.4. The van der Waals surface area contributed by atoms with E-state index in [1.54, 1.807) is 18.2 Å². The first-order chi connectivity index (χ1) is 10.8. The van der Waals surface area contributed by atoms with Crippen molar-refractivity contribution in [2.75, 3.05) is 5.32 Å². The number of hydrogen-bond acceptors (Lipinski definition) is 3. The molecule has 0 atom stereocenters. The van der Waals surface area contributed by atoms with Gasteiger partial charge in [0.2, 0.25) is 0 Å². The first-order valence-electron chi connectivity index (χ1n) is 7.58. The Bertz CT molecular complexity index is 793. The number of rotatable bonds is 2. The van der Waals surface area contributed by atoms with Crippen LogP contribution in [0.2, 0.25) is 0 Å². The van der Waals surface area contributed by atoms with Crippen molar-refractivity contribution in [3.05, 3.63) is 59.2 Å². The Kier molecular flexibility index (Phi) is 3.68. The standard InChI is InChI=1S/C19H19NO3/c1-12-5-4-6-14(9-12)20-18(22)13-7-8-17-15(10-13)16(21)11-19(2,3)23-17/h4-10H,11H2,1-3H3,(H,20,22). The van der Waals surface area contributed by atoms with Gasteiger partial charge < -0.3 is 10.1 Å². The molecule has 1 aliphatic rings. The molecule has 0 aromatic heterocycles. The largest absolute Gasteiger partial charge is 0.487 e.